The average molecular weight is 305 g/mol. The van der Waals surface area contributed by atoms with Crippen LogP contribution in [0.25, 0.3) is 0 Å². The summed E-state index contributed by atoms with van der Waals surface area (Å²) >= 11 is 1.34. The number of nitrogens with one attached hydrogen (secondary N) is 2. The Morgan fingerprint density at radius 1 is 1.48 bits per heavy atom. The summed E-state index contributed by atoms with van der Waals surface area (Å²) in [7, 11) is 0. The van der Waals surface area contributed by atoms with Crippen LogP contribution < -0.4 is 5.32 Å². The van der Waals surface area contributed by atoms with E-state index in [0.29, 0.717) is 23.9 Å². The molecule has 1 amide bonds. The molecule has 2 aromatic rings. The van der Waals surface area contributed by atoms with Crippen molar-refractivity contribution in [1.29, 1.82) is 0 Å². The molecule has 0 aliphatic heterocycles. The van der Waals surface area contributed by atoms with Crippen LogP contribution in [0.5, 0.6) is 0 Å². The van der Waals surface area contributed by atoms with Crippen LogP contribution in [0.15, 0.2) is 0 Å². The minimum atomic E-state index is -0.0637. The van der Waals surface area contributed by atoms with E-state index in [9.17, 15) is 4.79 Å². The summed E-state index contributed by atoms with van der Waals surface area (Å²) in [5, 5.41) is 14.3. The summed E-state index contributed by atoms with van der Waals surface area (Å²) in [5.74, 6) is 0.701. The van der Waals surface area contributed by atoms with Crippen LogP contribution in [-0.4, -0.2) is 25.7 Å². The van der Waals surface area contributed by atoms with Crippen molar-refractivity contribution in [3.05, 3.63) is 27.5 Å². The zero-order chi connectivity index (χ0) is 15.0. The molecule has 21 heavy (non-hydrogen) atoms. The predicted molar refractivity (Wildman–Crippen MR) is 80.5 cm³/mol. The zero-order valence-electron chi connectivity index (χ0n) is 12.4. The highest BCUT2D eigenvalue weighted by Gasteiger charge is 2.32. The topological polar surface area (TPSA) is 83.6 Å². The summed E-state index contributed by atoms with van der Waals surface area (Å²) in [5.41, 5.74) is 3.42. The van der Waals surface area contributed by atoms with E-state index in [2.05, 4.69) is 38.9 Å². The lowest BCUT2D eigenvalue weighted by molar-refractivity contribution is 0.0949. The van der Waals surface area contributed by atoms with Gasteiger partial charge in [-0.1, -0.05) is 18.3 Å². The molecular weight excluding hydrogens is 286 g/mol. The van der Waals surface area contributed by atoms with Gasteiger partial charge in [-0.3, -0.25) is 9.89 Å². The Labute approximate surface area is 127 Å². The van der Waals surface area contributed by atoms with Crippen LogP contribution in [0.2, 0.25) is 0 Å². The molecule has 2 N–H and O–H groups in total. The summed E-state index contributed by atoms with van der Waals surface area (Å²) in [6, 6.07) is 0. The van der Waals surface area contributed by atoms with Crippen molar-refractivity contribution in [2.45, 2.75) is 52.0 Å². The SMILES string of the molecule is Cc1[nH]nc(C2CC2)c1C(=O)NCc1snnc1C(C)C. The summed E-state index contributed by atoms with van der Waals surface area (Å²) in [6.45, 7) is 6.52. The van der Waals surface area contributed by atoms with Crippen LogP contribution in [0.4, 0.5) is 0 Å². The molecule has 1 saturated carbocycles. The van der Waals surface area contributed by atoms with Gasteiger partial charge in [0.2, 0.25) is 0 Å². The Morgan fingerprint density at radius 2 is 2.24 bits per heavy atom. The van der Waals surface area contributed by atoms with Crippen molar-refractivity contribution in [1.82, 2.24) is 25.1 Å². The molecule has 0 bridgehead atoms. The standard InChI is InChI=1S/C14H19N5OS/c1-7(2)12-10(21-19-18-12)6-15-14(20)11-8(3)16-17-13(11)9-4-5-9/h7,9H,4-6H2,1-3H3,(H,15,20)(H,16,17). The monoisotopic (exact) mass is 305 g/mol. The van der Waals surface area contributed by atoms with Gasteiger partial charge in [-0.05, 0) is 37.2 Å². The smallest absolute Gasteiger partial charge is 0.255 e. The second kappa shape index (κ2) is 5.55. The molecule has 6 nitrogen and oxygen atoms in total. The van der Waals surface area contributed by atoms with Crippen molar-refractivity contribution in [3.8, 4) is 0 Å². The van der Waals surface area contributed by atoms with Crippen LogP contribution in [0.1, 0.15) is 70.8 Å². The number of aryl methyl sites for hydroxylation is 1. The molecule has 1 fully saturated rings. The Bertz CT molecular complexity index is 656. The fraction of sp³-hybridized carbons (Fsp3) is 0.571. The van der Waals surface area contributed by atoms with Crippen molar-refractivity contribution in [2.24, 2.45) is 0 Å². The van der Waals surface area contributed by atoms with Gasteiger partial charge in [0.1, 0.15) is 0 Å². The van der Waals surface area contributed by atoms with Gasteiger partial charge in [0, 0.05) is 11.6 Å². The zero-order valence-corrected chi connectivity index (χ0v) is 13.3. The third kappa shape index (κ3) is 2.83. The first-order valence-corrected chi connectivity index (χ1v) is 7.99. The van der Waals surface area contributed by atoms with E-state index >= 15 is 0 Å². The van der Waals surface area contributed by atoms with E-state index in [4.69, 9.17) is 0 Å². The van der Waals surface area contributed by atoms with E-state index in [-0.39, 0.29) is 5.91 Å². The van der Waals surface area contributed by atoms with Gasteiger partial charge in [0.25, 0.3) is 5.91 Å². The molecule has 0 aromatic carbocycles. The van der Waals surface area contributed by atoms with Crippen LogP contribution >= 0.6 is 11.5 Å². The first-order valence-electron chi connectivity index (χ1n) is 7.22. The van der Waals surface area contributed by atoms with Crippen molar-refractivity contribution in [3.63, 3.8) is 0 Å². The third-order valence-corrected chi connectivity index (χ3v) is 4.45. The van der Waals surface area contributed by atoms with Crippen LogP contribution in [-0.2, 0) is 6.54 Å². The number of aromatic nitrogens is 4. The molecule has 7 heteroatoms. The Balaban J connectivity index is 1.72. The van der Waals surface area contributed by atoms with Crippen molar-refractivity contribution < 1.29 is 4.79 Å². The van der Waals surface area contributed by atoms with Crippen molar-refractivity contribution in [2.75, 3.05) is 0 Å². The van der Waals surface area contributed by atoms with Gasteiger partial charge in [0.15, 0.2) is 0 Å². The van der Waals surface area contributed by atoms with Gasteiger partial charge in [-0.25, -0.2) is 0 Å². The molecule has 0 atom stereocenters. The summed E-state index contributed by atoms with van der Waals surface area (Å²) in [6.07, 6.45) is 2.25. The van der Waals surface area contributed by atoms with E-state index in [1.165, 1.54) is 11.5 Å². The van der Waals surface area contributed by atoms with Crippen molar-refractivity contribution >= 4 is 17.4 Å². The van der Waals surface area contributed by atoms with E-state index in [1.807, 2.05) is 6.92 Å². The van der Waals surface area contributed by atoms with E-state index in [0.717, 1.165) is 34.8 Å². The molecular formula is C14H19N5OS. The van der Waals surface area contributed by atoms with Gasteiger partial charge in [-0.15, -0.1) is 5.10 Å². The minimum absolute atomic E-state index is 0.0637. The molecule has 0 spiro atoms. The number of carbonyl (C=O) groups excluding carboxylic acids is 1. The molecule has 112 valence electrons. The first-order chi connectivity index (χ1) is 10.1. The lowest BCUT2D eigenvalue weighted by Crippen LogP contribution is -2.24. The molecule has 0 unspecified atom stereocenters. The van der Waals surface area contributed by atoms with E-state index in [1.54, 1.807) is 0 Å². The number of hydrogen-bond acceptors (Lipinski definition) is 5. The highest BCUT2D eigenvalue weighted by atomic mass is 32.1. The fourth-order valence-electron chi connectivity index (χ4n) is 2.41. The van der Waals surface area contributed by atoms with Gasteiger partial charge >= 0.3 is 0 Å². The largest absolute Gasteiger partial charge is 0.347 e. The van der Waals surface area contributed by atoms with Gasteiger partial charge < -0.3 is 5.32 Å². The quantitative estimate of drug-likeness (QED) is 0.889. The lowest BCUT2D eigenvalue weighted by atomic mass is 10.1. The number of H-pyrrole nitrogens is 1. The summed E-state index contributed by atoms with van der Waals surface area (Å²) < 4.78 is 3.98. The van der Waals surface area contributed by atoms with Gasteiger partial charge in [-0.2, -0.15) is 5.10 Å². The Morgan fingerprint density at radius 3 is 2.90 bits per heavy atom. The first kappa shape index (κ1) is 14.2. The Kier molecular flexibility index (Phi) is 3.75. The molecule has 2 aromatic heterocycles. The highest BCUT2D eigenvalue weighted by molar-refractivity contribution is 7.05. The molecule has 3 rings (SSSR count). The normalized spacial score (nSPS) is 14.7. The minimum Gasteiger partial charge on any atom is -0.347 e. The highest BCUT2D eigenvalue weighted by Crippen LogP contribution is 2.41. The summed E-state index contributed by atoms with van der Waals surface area (Å²) in [4.78, 5) is 13.5. The van der Waals surface area contributed by atoms with Crippen LogP contribution in [0.3, 0.4) is 0 Å². The number of aromatic amines is 1. The molecule has 1 aliphatic rings. The van der Waals surface area contributed by atoms with Gasteiger partial charge in [0.05, 0.1) is 28.4 Å². The maximum absolute atomic E-state index is 12.4. The molecule has 1 aliphatic carbocycles. The van der Waals surface area contributed by atoms with Crippen LogP contribution in [0, 0.1) is 6.92 Å². The van der Waals surface area contributed by atoms with E-state index < -0.39 is 0 Å². The molecule has 2 heterocycles. The predicted octanol–water partition coefficient (Wildman–Crippen LogP) is 2.50. The number of amides is 1. The average Bonchev–Trinajstić information content (AvgIpc) is 3.04. The number of carbonyl (C=O) groups is 1. The third-order valence-electron chi connectivity index (χ3n) is 3.71. The fourth-order valence-corrected chi connectivity index (χ4v) is 3.15. The maximum Gasteiger partial charge on any atom is 0.255 e. The lowest BCUT2D eigenvalue weighted by Gasteiger charge is -2.07. The second-order valence-electron chi connectivity index (χ2n) is 5.80. The number of nitrogens with zero attached hydrogens (tertiary/aromatic N) is 3. The Hall–Kier alpha value is -1.76. The maximum atomic E-state index is 12.4. The number of hydrogen-bond donors (Lipinski definition) is 2. The molecule has 0 saturated heterocycles. The second-order valence-corrected chi connectivity index (χ2v) is 6.64. The number of rotatable bonds is 5. The molecule has 0 radical (unpaired) electrons.